The van der Waals surface area contributed by atoms with Crippen LogP contribution >= 0.6 is 11.6 Å². The molecule has 0 spiro atoms. The van der Waals surface area contributed by atoms with Gasteiger partial charge in [0, 0.05) is 10.6 Å². The molecule has 0 saturated carbocycles. The lowest BCUT2D eigenvalue weighted by molar-refractivity contribution is -0.136. The molecule has 5 heteroatoms. The predicted molar refractivity (Wildman–Crippen MR) is 175 cm³/mol. The van der Waals surface area contributed by atoms with Gasteiger partial charge < -0.3 is 14.2 Å². The van der Waals surface area contributed by atoms with Crippen molar-refractivity contribution in [2.75, 3.05) is 6.61 Å². The lowest BCUT2D eigenvalue weighted by Crippen LogP contribution is -2.37. The van der Waals surface area contributed by atoms with Crippen LogP contribution in [-0.2, 0) is 11.2 Å². The monoisotopic (exact) mass is 598 g/mol. The van der Waals surface area contributed by atoms with E-state index in [-0.39, 0.29) is 12.2 Å². The van der Waals surface area contributed by atoms with E-state index in [2.05, 4.69) is 41.5 Å². The molecule has 0 N–H and O–H groups in total. The van der Waals surface area contributed by atoms with Crippen LogP contribution in [0.15, 0.2) is 24.3 Å². The van der Waals surface area contributed by atoms with Crippen LogP contribution in [0.1, 0.15) is 121 Å². The Bertz CT molecular complexity index is 1160. The van der Waals surface area contributed by atoms with Gasteiger partial charge in [-0.1, -0.05) is 84.2 Å². The number of fused-ring (bicyclic) bond motifs is 1. The molecule has 0 fully saturated rings. The lowest BCUT2D eigenvalue weighted by Gasteiger charge is -2.38. The summed E-state index contributed by atoms with van der Waals surface area (Å²) in [4.78, 5) is 12.7. The van der Waals surface area contributed by atoms with Crippen LogP contribution in [0.4, 0.5) is 0 Å². The smallest absolute Gasteiger partial charge is 0.349 e. The van der Waals surface area contributed by atoms with E-state index in [9.17, 15) is 4.79 Å². The number of hydrogen-bond acceptors (Lipinski definition) is 4. The van der Waals surface area contributed by atoms with Gasteiger partial charge in [-0.3, -0.25) is 0 Å². The van der Waals surface area contributed by atoms with Crippen molar-refractivity contribution < 1.29 is 19.0 Å². The van der Waals surface area contributed by atoms with Crippen molar-refractivity contribution >= 4 is 17.6 Å². The summed E-state index contributed by atoms with van der Waals surface area (Å²) in [5.74, 6) is 4.21. The molecule has 0 unspecified atom stereocenters. The highest BCUT2D eigenvalue weighted by Gasteiger charge is 2.34. The lowest BCUT2D eigenvalue weighted by atomic mass is 9.83. The molecule has 1 aliphatic rings. The number of carbonyl (C=O) groups excluding carboxylic acids is 1. The fraction of sp³-hybridized carbons (Fsp3) is 0.649. The summed E-state index contributed by atoms with van der Waals surface area (Å²) in [6.07, 6.45) is 13.6. The molecule has 42 heavy (non-hydrogen) atoms. The minimum absolute atomic E-state index is 0.161. The molecule has 234 valence electrons. The Morgan fingerprint density at radius 2 is 1.48 bits per heavy atom. The SMILES string of the molecule is Cc1c(C)c2c(c(C)c1OC(=O)COc1ccc(Cl)cc1)CC[C@](C)(CCC[C@@H](C)CCC[C@H](C)CCCC(C)C)O2. The Morgan fingerprint density at radius 3 is 2.10 bits per heavy atom. The second-order valence-electron chi connectivity index (χ2n) is 13.6. The van der Waals surface area contributed by atoms with Crippen molar-refractivity contribution in [1.82, 2.24) is 0 Å². The zero-order valence-electron chi connectivity index (χ0n) is 27.5. The minimum atomic E-state index is -0.424. The molecule has 4 nitrogen and oxygen atoms in total. The minimum Gasteiger partial charge on any atom is -0.487 e. The van der Waals surface area contributed by atoms with Crippen molar-refractivity contribution in [2.24, 2.45) is 17.8 Å². The highest BCUT2D eigenvalue weighted by Crippen LogP contribution is 2.45. The average Bonchev–Trinajstić information content (AvgIpc) is 2.93. The zero-order valence-corrected chi connectivity index (χ0v) is 28.3. The number of hydrogen-bond donors (Lipinski definition) is 0. The molecule has 0 radical (unpaired) electrons. The van der Waals surface area contributed by atoms with Crippen LogP contribution in [0, 0.1) is 38.5 Å². The van der Waals surface area contributed by atoms with Crippen LogP contribution < -0.4 is 14.2 Å². The van der Waals surface area contributed by atoms with E-state index in [1.807, 2.05) is 13.8 Å². The number of rotatable bonds is 16. The molecule has 1 aliphatic heterocycles. The number of benzene rings is 2. The van der Waals surface area contributed by atoms with Crippen molar-refractivity contribution in [3.8, 4) is 17.2 Å². The van der Waals surface area contributed by atoms with E-state index in [0.717, 1.165) is 65.0 Å². The maximum absolute atomic E-state index is 12.7. The normalized spacial score (nSPS) is 17.9. The maximum atomic E-state index is 12.7. The van der Waals surface area contributed by atoms with Gasteiger partial charge in [0.2, 0.25) is 0 Å². The number of halogens is 1. The quantitative estimate of drug-likeness (QED) is 0.142. The van der Waals surface area contributed by atoms with Gasteiger partial charge in [-0.05, 0) is 112 Å². The zero-order chi connectivity index (χ0) is 30.9. The van der Waals surface area contributed by atoms with Crippen molar-refractivity contribution in [3.05, 3.63) is 51.5 Å². The molecular formula is C37H55ClO4. The molecule has 2 aromatic carbocycles. The van der Waals surface area contributed by atoms with Crippen LogP contribution in [0.25, 0.3) is 0 Å². The van der Waals surface area contributed by atoms with Gasteiger partial charge in [0.1, 0.15) is 22.8 Å². The Labute approximate surface area is 260 Å². The van der Waals surface area contributed by atoms with Gasteiger partial charge in [-0.2, -0.15) is 0 Å². The third-order valence-electron chi connectivity index (χ3n) is 9.22. The molecule has 0 aliphatic carbocycles. The van der Waals surface area contributed by atoms with E-state index < -0.39 is 5.97 Å². The number of esters is 1. The van der Waals surface area contributed by atoms with E-state index in [4.69, 9.17) is 25.8 Å². The molecular weight excluding hydrogens is 544 g/mol. The van der Waals surface area contributed by atoms with Crippen molar-refractivity contribution in [2.45, 2.75) is 132 Å². The third kappa shape index (κ3) is 10.2. The second kappa shape index (κ2) is 16.0. The van der Waals surface area contributed by atoms with E-state index in [0.29, 0.717) is 16.5 Å². The molecule has 3 atom stereocenters. The van der Waals surface area contributed by atoms with Crippen LogP contribution in [0.3, 0.4) is 0 Å². The topological polar surface area (TPSA) is 44.8 Å². The Kier molecular flexibility index (Phi) is 13.1. The van der Waals surface area contributed by atoms with Crippen LogP contribution in [0.5, 0.6) is 17.2 Å². The number of carbonyl (C=O) groups is 1. The van der Waals surface area contributed by atoms with Gasteiger partial charge in [-0.15, -0.1) is 0 Å². The van der Waals surface area contributed by atoms with E-state index >= 15 is 0 Å². The average molecular weight is 599 g/mol. The summed E-state index contributed by atoms with van der Waals surface area (Å²) in [6.45, 7) is 17.7. The van der Waals surface area contributed by atoms with E-state index in [1.165, 1.54) is 51.4 Å². The molecule has 0 aromatic heterocycles. The molecule has 3 rings (SSSR count). The summed E-state index contributed by atoms with van der Waals surface area (Å²) >= 11 is 5.93. The maximum Gasteiger partial charge on any atom is 0.349 e. The Balaban J connectivity index is 1.49. The van der Waals surface area contributed by atoms with Crippen molar-refractivity contribution in [1.29, 1.82) is 0 Å². The largest absolute Gasteiger partial charge is 0.487 e. The Hall–Kier alpha value is -2.20. The van der Waals surface area contributed by atoms with Gasteiger partial charge in [0.15, 0.2) is 6.61 Å². The molecule has 2 aromatic rings. The highest BCUT2D eigenvalue weighted by molar-refractivity contribution is 6.30. The fourth-order valence-electron chi connectivity index (χ4n) is 6.23. The van der Waals surface area contributed by atoms with Crippen LogP contribution in [0.2, 0.25) is 5.02 Å². The number of ether oxygens (including phenoxy) is 3. The fourth-order valence-corrected chi connectivity index (χ4v) is 6.36. The third-order valence-corrected chi connectivity index (χ3v) is 9.48. The second-order valence-corrected chi connectivity index (χ2v) is 14.1. The van der Waals surface area contributed by atoms with E-state index in [1.54, 1.807) is 24.3 Å². The van der Waals surface area contributed by atoms with Crippen molar-refractivity contribution in [3.63, 3.8) is 0 Å². The van der Waals surface area contributed by atoms with Crippen LogP contribution in [-0.4, -0.2) is 18.2 Å². The first-order valence-electron chi connectivity index (χ1n) is 16.3. The highest BCUT2D eigenvalue weighted by atomic mass is 35.5. The predicted octanol–water partition coefficient (Wildman–Crippen LogP) is 10.8. The summed E-state index contributed by atoms with van der Waals surface area (Å²) < 4.78 is 18.2. The summed E-state index contributed by atoms with van der Waals surface area (Å²) in [5, 5.41) is 0.622. The first kappa shape index (κ1) is 34.3. The summed E-state index contributed by atoms with van der Waals surface area (Å²) in [6, 6.07) is 6.94. The molecule has 0 amide bonds. The Morgan fingerprint density at radius 1 is 0.881 bits per heavy atom. The standard InChI is InChI=1S/C37H55ClO4/c1-25(2)12-9-13-26(3)14-10-15-27(4)16-11-22-37(8)23-21-33-30(7)35(28(5)29(6)36(33)42-37)41-34(39)24-40-32-19-17-31(38)18-20-32/h17-20,25-27H,9-16,21-24H2,1-8H3/t26-,27+,37+/m1/s1. The summed E-state index contributed by atoms with van der Waals surface area (Å²) in [7, 11) is 0. The molecule has 0 saturated heterocycles. The van der Waals surface area contributed by atoms with Gasteiger partial charge in [-0.25, -0.2) is 4.79 Å². The molecule has 1 heterocycles. The first-order chi connectivity index (χ1) is 19.9. The summed E-state index contributed by atoms with van der Waals surface area (Å²) in [5.41, 5.74) is 3.99. The molecule has 0 bridgehead atoms. The first-order valence-corrected chi connectivity index (χ1v) is 16.7. The van der Waals surface area contributed by atoms with Gasteiger partial charge in [0.25, 0.3) is 0 Å². The van der Waals surface area contributed by atoms with Gasteiger partial charge >= 0.3 is 5.97 Å². The van der Waals surface area contributed by atoms with Gasteiger partial charge in [0.05, 0.1) is 0 Å².